The van der Waals surface area contributed by atoms with Crippen LogP contribution in [0.3, 0.4) is 0 Å². The van der Waals surface area contributed by atoms with E-state index >= 15 is 0 Å². The van der Waals surface area contributed by atoms with Crippen molar-refractivity contribution < 1.29 is 14.3 Å². The van der Waals surface area contributed by atoms with Crippen LogP contribution in [0.4, 0.5) is 0 Å². The second kappa shape index (κ2) is 8.85. The zero-order valence-corrected chi connectivity index (χ0v) is 15.8. The fourth-order valence-electron chi connectivity index (χ4n) is 3.00. The number of carbonyl (C=O) groups excluding carboxylic acids is 2. The molecular formula is C20H24N2O3S. The lowest BCUT2D eigenvalue weighted by atomic mass is 10.2. The number of nitrogens with zero attached hydrogens (tertiary/aromatic N) is 2. The number of hydrogen-bond donors (Lipinski definition) is 0. The molecule has 5 nitrogen and oxygen atoms in total. The average molecular weight is 372 g/mol. The van der Waals surface area contributed by atoms with Crippen LogP contribution in [0.5, 0.6) is 5.75 Å². The largest absolute Gasteiger partial charge is 0.484 e. The fraction of sp³-hybridized carbons (Fsp3) is 0.400. The highest BCUT2D eigenvalue weighted by Crippen LogP contribution is 2.16. The van der Waals surface area contributed by atoms with Crippen molar-refractivity contribution in [3.63, 3.8) is 0 Å². The first kappa shape index (κ1) is 18.5. The molecule has 138 valence electrons. The van der Waals surface area contributed by atoms with Crippen LogP contribution >= 0.6 is 11.3 Å². The lowest BCUT2D eigenvalue weighted by Crippen LogP contribution is -2.51. The van der Waals surface area contributed by atoms with Gasteiger partial charge in [-0.15, -0.1) is 11.3 Å². The minimum atomic E-state index is -0.0288. The van der Waals surface area contributed by atoms with Crippen LogP contribution in [-0.4, -0.2) is 54.4 Å². The van der Waals surface area contributed by atoms with Crippen LogP contribution in [0, 0.1) is 6.92 Å². The second-order valence-electron chi connectivity index (χ2n) is 6.40. The van der Waals surface area contributed by atoms with Crippen LogP contribution in [0.25, 0.3) is 0 Å². The van der Waals surface area contributed by atoms with Crippen molar-refractivity contribution in [3.05, 3.63) is 52.2 Å². The van der Waals surface area contributed by atoms with E-state index in [0.29, 0.717) is 32.6 Å². The lowest BCUT2D eigenvalue weighted by Gasteiger charge is -2.34. The Morgan fingerprint density at radius 1 is 1.00 bits per heavy atom. The zero-order chi connectivity index (χ0) is 18.4. The van der Waals surface area contributed by atoms with Crippen molar-refractivity contribution in [1.29, 1.82) is 0 Å². The highest BCUT2D eigenvalue weighted by Gasteiger charge is 2.24. The molecule has 1 fully saturated rings. The van der Waals surface area contributed by atoms with Gasteiger partial charge in [0.1, 0.15) is 5.75 Å². The third-order valence-corrected chi connectivity index (χ3v) is 5.53. The molecule has 26 heavy (non-hydrogen) atoms. The van der Waals surface area contributed by atoms with Gasteiger partial charge in [-0.25, -0.2) is 0 Å². The summed E-state index contributed by atoms with van der Waals surface area (Å²) in [5, 5.41) is 2.03. The summed E-state index contributed by atoms with van der Waals surface area (Å²) >= 11 is 1.68. The van der Waals surface area contributed by atoms with Crippen LogP contribution < -0.4 is 4.74 Å². The predicted octanol–water partition coefficient (Wildman–Crippen LogP) is 2.74. The zero-order valence-electron chi connectivity index (χ0n) is 15.0. The minimum absolute atomic E-state index is 0.0288. The molecule has 0 radical (unpaired) electrons. The van der Waals surface area contributed by atoms with Gasteiger partial charge < -0.3 is 14.5 Å². The number of benzene rings is 1. The quantitative estimate of drug-likeness (QED) is 0.783. The maximum absolute atomic E-state index is 12.3. The van der Waals surface area contributed by atoms with Crippen molar-refractivity contribution in [3.8, 4) is 5.75 Å². The van der Waals surface area contributed by atoms with E-state index in [9.17, 15) is 9.59 Å². The number of ether oxygens (including phenoxy) is 1. The highest BCUT2D eigenvalue weighted by atomic mass is 32.1. The molecule has 0 N–H and O–H groups in total. The number of hydrogen-bond acceptors (Lipinski definition) is 4. The maximum Gasteiger partial charge on any atom is 0.260 e. The first-order chi connectivity index (χ1) is 12.6. The van der Waals surface area contributed by atoms with Gasteiger partial charge in [0.2, 0.25) is 5.91 Å². The van der Waals surface area contributed by atoms with E-state index in [1.165, 1.54) is 4.88 Å². The van der Waals surface area contributed by atoms with Crippen molar-refractivity contribution in [2.24, 2.45) is 0 Å². The van der Waals surface area contributed by atoms with Crippen molar-refractivity contribution >= 4 is 23.2 Å². The Morgan fingerprint density at radius 2 is 1.69 bits per heavy atom. The molecule has 2 amide bonds. The Morgan fingerprint density at radius 3 is 2.35 bits per heavy atom. The Bertz CT molecular complexity index is 737. The molecule has 1 saturated heterocycles. The van der Waals surface area contributed by atoms with Gasteiger partial charge in [0.25, 0.3) is 5.91 Å². The van der Waals surface area contributed by atoms with Crippen molar-refractivity contribution in [2.75, 3.05) is 32.8 Å². The Labute approximate surface area is 158 Å². The van der Waals surface area contributed by atoms with Gasteiger partial charge in [-0.05, 0) is 36.4 Å². The normalized spacial score (nSPS) is 14.3. The van der Waals surface area contributed by atoms with E-state index in [4.69, 9.17) is 4.74 Å². The summed E-state index contributed by atoms with van der Waals surface area (Å²) < 4.78 is 5.64. The number of para-hydroxylation sites is 1. The summed E-state index contributed by atoms with van der Waals surface area (Å²) in [6.07, 6.45) is 1.32. The molecule has 0 aliphatic carbocycles. The predicted molar refractivity (Wildman–Crippen MR) is 102 cm³/mol. The molecule has 1 aromatic carbocycles. The number of aryl methyl sites for hydroxylation is 2. The summed E-state index contributed by atoms with van der Waals surface area (Å²) in [5.41, 5.74) is 1.02. The molecule has 0 saturated carbocycles. The number of carbonyl (C=O) groups is 2. The van der Waals surface area contributed by atoms with E-state index in [1.54, 1.807) is 16.2 Å². The molecule has 3 rings (SSSR count). The molecule has 2 aromatic rings. The molecular weight excluding hydrogens is 348 g/mol. The van der Waals surface area contributed by atoms with Crippen LogP contribution in [0.15, 0.2) is 41.8 Å². The summed E-state index contributed by atoms with van der Waals surface area (Å²) in [4.78, 5) is 29.5. The number of piperazine rings is 1. The smallest absolute Gasteiger partial charge is 0.260 e. The summed E-state index contributed by atoms with van der Waals surface area (Å²) in [5.74, 6) is 0.879. The lowest BCUT2D eigenvalue weighted by molar-refractivity contribution is -0.140. The topological polar surface area (TPSA) is 49.9 Å². The number of amides is 2. The molecule has 0 bridgehead atoms. The Kier molecular flexibility index (Phi) is 6.28. The maximum atomic E-state index is 12.3. The summed E-state index contributed by atoms with van der Waals surface area (Å²) in [6, 6.07) is 11.7. The van der Waals surface area contributed by atoms with Gasteiger partial charge in [0.05, 0.1) is 0 Å². The van der Waals surface area contributed by atoms with Gasteiger partial charge in [-0.1, -0.05) is 24.3 Å². The fourth-order valence-corrected chi connectivity index (χ4v) is 3.71. The molecule has 0 atom stereocenters. The highest BCUT2D eigenvalue weighted by molar-refractivity contribution is 7.09. The Balaban J connectivity index is 1.40. The van der Waals surface area contributed by atoms with E-state index in [2.05, 4.69) is 6.07 Å². The van der Waals surface area contributed by atoms with E-state index < -0.39 is 0 Å². The van der Waals surface area contributed by atoms with E-state index in [0.717, 1.165) is 17.7 Å². The molecule has 6 heteroatoms. The molecule has 1 aromatic heterocycles. The van der Waals surface area contributed by atoms with Gasteiger partial charge in [0.15, 0.2) is 6.61 Å². The van der Waals surface area contributed by atoms with Crippen molar-refractivity contribution in [2.45, 2.75) is 19.8 Å². The molecule has 1 aliphatic heterocycles. The van der Waals surface area contributed by atoms with E-state index in [1.807, 2.05) is 47.5 Å². The second-order valence-corrected chi connectivity index (χ2v) is 7.43. The van der Waals surface area contributed by atoms with Gasteiger partial charge in [-0.3, -0.25) is 9.59 Å². The van der Waals surface area contributed by atoms with Crippen LogP contribution in [0.1, 0.15) is 16.9 Å². The van der Waals surface area contributed by atoms with Gasteiger partial charge >= 0.3 is 0 Å². The molecule has 2 heterocycles. The standard InChI is InChI=1S/C20H24N2O3S/c1-16-5-2-3-7-18(16)25-15-20(24)22-12-10-21(11-13-22)19(23)9-8-17-6-4-14-26-17/h2-7,14H,8-13,15H2,1H3. The Hall–Kier alpha value is -2.34. The van der Waals surface area contributed by atoms with Gasteiger partial charge in [-0.2, -0.15) is 0 Å². The summed E-state index contributed by atoms with van der Waals surface area (Å²) in [7, 11) is 0. The molecule has 1 aliphatic rings. The SMILES string of the molecule is Cc1ccccc1OCC(=O)N1CCN(C(=O)CCc2cccs2)CC1. The first-order valence-corrected chi connectivity index (χ1v) is 9.78. The summed E-state index contributed by atoms with van der Waals surface area (Å²) in [6.45, 7) is 4.33. The minimum Gasteiger partial charge on any atom is -0.484 e. The monoisotopic (exact) mass is 372 g/mol. The van der Waals surface area contributed by atoms with Gasteiger partial charge in [0, 0.05) is 37.5 Å². The van der Waals surface area contributed by atoms with E-state index in [-0.39, 0.29) is 18.4 Å². The van der Waals surface area contributed by atoms with Crippen LogP contribution in [0.2, 0.25) is 0 Å². The number of rotatable bonds is 6. The average Bonchev–Trinajstić information content (AvgIpc) is 3.19. The number of thiophene rings is 1. The third-order valence-electron chi connectivity index (χ3n) is 4.60. The third kappa shape index (κ3) is 4.85. The first-order valence-electron chi connectivity index (χ1n) is 8.90. The van der Waals surface area contributed by atoms with Crippen molar-refractivity contribution in [1.82, 2.24) is 9.80 Å². The molecule has 0 unspecified atom stereocenters. The molecule has 0 spiro atoms. The van der Waals surface area contributed by atoms with Crippen LogP contribution in [-0.2, 0) is 16.0 Å².